The Labute approximate surface area is 157 Å². The third-order valence-electron chi connectivity index (χ3n) is 4.26. The van der Waals surface area contributed by atoms with Crippen LogP contribution >= 0.6 is 22.7 Å². The summed E-state index contributed by atoms with van der Waals surface area (Å²) in [7, 11) is 0. The van der Waals surface area contributed by atoms with Gasteiger partial charge in [-0.3, -0.25) is 4.79 Å². The number of carbonyl (C=O) groups is 2. The Morgan fingerprint density at radius 3 is 2.85 bits per heavy atom. The number of carbonyl (C=O) groups excluding carboxylic acids is 1. The van der Waals surface area contributed by atoms with Crippen molar-refractivity contribution in [2.45, 2.75) is 13.0 Å². The SMILES string of the molecule is C=CC(=O)Nc1sc2c(c1-c1nc3ccccc3s1)CCN(C(=O)O)C2. The molecule has 6 nitrogen and oxygen atoms in total. The van der Waals surface area contributed by atoms with Crippen molar-refractivity contribution in [2.24, 2.45) is 0 Å². The normalized spacial score (nSPS) is 13.5. The predicted molar refractivity (Wildman–Crippen MR) is 104 cm³/mol. The Morgan fingerprint density at radius 2 is 2.12 bits per heavy atom. The first-order valence-corrected chi connectivity index (χ1v) is 9.62. The molecule has 1 aromatic carbocycles. The van der Waals surface area contributed by atoms with Crippen LogP contribution in [-0.4, -0.2) is 33.5 Å². The zero-order valence-electron chi connectivity index (χ0n) is 13.7. The fraction of sp³-hybridized carbons (Fsp3) is 0.167. The number of thiophene rings is 1. The van der Waals surface area contributed by atoms with E-state index in [-0.39, 0.29) is 5.91 Å². The first-order chi connectivity index (χ1) is 12.6. The van der Waals surface area contributed by atoms with Crippen molar-refractivity contribution >= 4 is 49.9 Å². The Balaban J connectivity index is 1.84. The maximum Gasteiger partial charge on any atom is 0.407 e. The Kier molecular flexibility index (Phi) is 4.21. The molecule has 0 saturated heterocycles. The third-order valence-corrected chi connectivity index (χ3v) is 6.44. The second-order valence-corrected chi connectivity index (χ2v) is 7.98. The summed E-state index contributed by atoms with van der Waals surface area (Å²) in [5, 5.41) is 13.7. The molecule has 0 unspecified atom stereocenters. The van der Waals surface area contributed by atoms with Crippen molar-refractivity contribution in [1.82, 2.24) is 9.88 Å². The highest BCUT2D eigenvalue weighted by molar-refractivity contribution is 7.22. The number of thiazole rings is 1. The number of rotatable bonds is 3. The Morgan fingerprint density at radius 1 is 1.31 bits per heavy atom. The van der Waals surface area contributed by atoms with Crippen molar-refractivity contribution in [3.8, 4) is 10.6 Å². The van der Waals surface area contributed by atoms with Gasteiger partial charge in [0.25, 0.3) is 0 Å². The number of amides is 2. The van der Waals surface area contributed by atoms with E-state index < -0.39 is 6.09 Å². The molecule has 3 heterocycles. The van der Waals surface area contributed by atoms with E-state index in [1.54, 1.807) is 11.3 Å². The number of hydrogen-bond acceptors (Lipinski definition) is 5. The summed E-state index contributed by atoms with van der Waals surface area (Å²) < 4.78 is 1.08. The van der Waals surface area contributed by atoms with E-state index in [1.165, 1.54) is 22.3 Å². The van der Waals surface area contributed by atoms with Crippen LogP contribution in [0.1, 0.15) is 10.4 Å². The number of anilines is 1. The molecule has 26 heavy (non-hydrogen) atoms. The number of para-hydroxylation sites is 1. The van der Waals surface area contributed by atoms with E-state index in [0.717, 1.165) is 31.2 Å². The van der Waals surface area contributed by atoms with Crippen molar-refractivity contribution in [1.29, 1.82) is 0 Å². The summed E-state index contributed by atoms with van der Waals surface area (Å²) in [5.41, 5.74) is 2.90. The quantitative estimate of drug-likeness (QED) is 0.663. The van der Waals surface area contributed by atoms with Gasteiger partial charge in [0.15, 0.2) is 0 Å². The van der Waals surface area contributed by atoms with E-state index in [4.69, 9.17) is 4.98 Å². The van der Waals surface area contributed by atoms with Crippen LogP contribution in [0, 0.1) is 0 Å². The molecule has 0 atom stereocenters. The van der Waals surface area contributed by atoms with Gasteiger partial charge in [-0.15, -0.1) is 22.7 Å². The minimum atomic E-state index is -0.928. The van der Waals surface area contributed by atoms with Crippen molar-refractivity contribution in [3.63, 3.8) is 0 Å². The number of hydrogen-bond donors (Lipinski definition) is 2. The maximum absolute atomic E-state index is 11.9. The summed E-state index contributed by atoms with van der Waals surface area (Å²) in [6, 6.07) is 7.89. The van der Waals surface area contributed by atoms with Gasteiger partial charge >= 0.3 is 6.09 Å². The van der Waals surface area contributed by atoms with E-state index >= 15 is 0 Å². The molecule has 0 bridgehead atoms. The van der Waals surface area contributed by atoms with Crippen LogP contribution in [0.3, 0.4) is 0 Å². The second-order valence-electron chi connectivity index (χ2n) is 5.84. The first kappa shape index (κ1) is 16.7. The van der Waals surface area contributed by atoms with Crippen LogP contribution in [0.4, 0.5) is 9.80 Å². The molecule has 0 aliphatic carbocycles. The van der Waals surface area contributed by atoms with Gasteiger partial charge in [-0.2, -0.15) is 0 Å². The summed E-state index contributed by atoms with van der Waals surface area (Å²) in [5.74, 6) is -0.291. The molecule has 2 aromatic heterocycles. The highest BCUT2D eigenvalue weighted by Crippen LogP contribution is 2.45. The average Bonchev–Trinajstić information content (AvgIpc) is 3.20. The van der Waals surface area contributed by atoms with Gasteiger partial charge in [0, 0.05) is 17.0 Å². The van der Waals surface area contributed by atoms with Crippen LogP contribution in [0.5, 0.6) is 0 Å². The zero-order chi connectivity index (χ0) is 18.3. The van der Waals surface area contributed by atoms with E-state index in [2.05, 4.69) is 11.9 Å². The van der Waals surface area contributed by atoms with Gasteiger partial charge in [0.2, 0.25) is 5.91 Å². The second kappa shape index (κ2) is 6.54. The lowest BCUT2D eigenvalue weighted by Gasteiger charge is -2.24. The maximum atomic E-state index is 11.9. The molecule has 1 aliphatic rings. The number of nitrogens with zero attached hydrogens (tertiary/aromatic N) is 2. The van der Waals surface area contributed by atoms with Gasteiger partial charge in [0.1, 0.15) is 10.0 Å². The number of benzene rings is 1. The van der Waals surface area contributed by atoms with E-state index in [0.29, 0.717) is 24.5 Å². The lowest BCUT2D eigenvalue weighted by Crippen LogP contribution is -2.34. The van der Waals surface area contributed by atoms with Crippen molar-refractivity contribution in [3.05, 3.63) is 47.4 Å². The smallest absolute Gasteiger partial charge is 0.407 e. The number of fused-ring (bicyclic) bond motifs is 2. The Hall–Kier alpha value is -2.71. The molecule has 3 aromatic rings. The van der Waals surface area contributed by atoms with Crippen LogP contribution in [0.2, 0.25) is 0 Å². The van der Waals surface area contributed by atoms with Gasteiger partial charge < -0.3 is 15.3 Å². The summed E-state index contributed by atoms with van der Waals surface area (Å²) in [4.78, 5) is 30.3. The Bertz CT molecular complexity index is 1000. The van der Waals surface area contributed by atoms with Crippen LogP contribution in [0.15, 0.2) is 36.9 Å². The highest BCUT2D eigenvalue weighted by atomic mass is 32.1. The summed E-state index contributed by atoms with van der Waals surface area (Å²) in [6.45, 7) is 4.27. The molecule has 2 amide bonds. The zero-order valence-corrected chi connectivity index (χ0v) is 15.3. The van der Waals surface area contributed by atoms with Crippen molar-refractivity contribution in [2.75, 3.05) is 11.9 Å². The molecule has 0 radical (unpaired) electrons. The van der Waals surface area contributed by atoms with Crippen LogP contribution < -0.4 is 5.32 Å². The van der Waals surface area contributed by atoms with Gasteiger partial charge in [-0.05, 0) is 30.2 Å². The first-order valence-electron chi connectivity index (χ1n) is 7.98. The minimum absolute atomic E-state index is 0.291. The van der Waals surface area contributed by atoms with Gasteiger partial charge in [-0.1, -0.05) is 18.7 Å². The molecule has 1 aliphatic heterocycles. The number of aromatic nitrogens is 1. The molecule has 8 heteroatoms. The lowest BCUT2D eigenvalue weighted by atomic mass is 10.0. The lowest BCUT2D eigenvalue weighted by molar-refractivity contribution is -0.111. The highest BCUT2D eigenvalue weighted by Gasteiger charge is 2.29. The van der Waals surface area contributed by atoms with Crippen molar-refractivity contribution < 1.29 is 14.7 Å². The average molecular weight is 385 g/mol. The molecular weight excluding hydrogens is 370 g/mol. The fourth-order valence-corrected chi connectivity index (χ4v) is 5.40. The monoisotopic (exact) mass is 385 g/mol. The van der Waals surface area contributed by atoms with Crippen LogP contribution in [0.25, 0.3) is 20.8 Å². The minimum Gasteiger partial charge on any atom is -0.465 e. The molecule has 0 saturated carbocycles. The fourth-order valence-electron chi connectivity index (χ4n) is 3.02. The number of carboxylic acid groups (broad SMARTS) is 1. The predicted octanol–water partition coefficient (Wildman–Crippen LogP) is 4.19. The largest absolute Gasteiger partial charge is 0.465 e. The molecule has 2 N–H and O–H groups in total. The van der Waals surface area contributed by atoms with E-state index in [1.807, 2.05) is 24.3 Å². The topological polar surface area (TPSA) is 82.5 Å². The molecule has 132 valence electrons. The standard InChI is InChI=1S/C18H15N3O3S2/c1-2-14(22)20-17-15(16-19-11-5-3-4-6-12(11)25-16)10-7-8-21(18(23)24)9-13(10)26-17/h2-6H,1,7-9H2,(H,20,22)(H,23,24). The molecule has 0 spiro atoms. The molecule has 4 rings (SSSR count). The van der Waals surface area contributed by atoms with Crippen LogP contribution in [-0.2, 0) is 17.8 Å². The molecular formula is C18H15N3O3S2. The molecule has 0 fully saturated rings. The number of nitrogens with one attached hydrogen (secondary N) is 1. The summed E-state index contributed by atoms with van der Waals surface area (Å²) in [6.07, 6.45) is 0.903. The van der Waals surface area contributed by atoms with Gasteiger partial charge in [-0.25, -0.2) is 9.78 Å². The third kappa shape index (κ3) is 2.87. The van der Waals surface area contributed by atoms with Gasteiger partial charge in [0.05, 0.1) is 16.8 Å². The summed E-state index contributed by atoms with van der Waals surface area (Å²) >= 11 is 2.99. The van der Waals surface area contributed by atoms with E-state index in [9.17, 15) is 14.7 Å².